The normalized spacial score (nSPS) is 11.7. The van der Waals surface area contributed by atoms with Gasteiger partial charge in [0.15, 0.2) is 5.96 Å². The maximum atomic E-state index is 12.1. The first-order chi connectivity index (χ1) is 12.4. The number of aliphatic imine (C=N–C) groups is 1. The number of ether oxygens (including phenoxy) is 2. The average molecular weight is 365 g/mol. The molecule has 5 nitrogen and oxygen atoms in total. The zero-order valence-electron chi connectivity index (χ0n) is 13.8. The topological polar surface area (TPSA) is 68.9 Å². The third-order valence-corrected chi connectivity index (χ3v) is 3.11. The number of rotatable bonds is 7. The predicted octanol–water partition coefficient (Wildman–Crippen LogP) is 4.08. The minimum Gasteiger partial charge on any atom is -0.489 e. The molecule has 0 saturated heterocycles. The van der Waals surface area contributed by atoms with Gasteiger partial charge in [0.2, 0.25) is 0 Å². The van der Waals surface area contributed by atoms with Crippen LogP contribution in [0.25, 0.3) is 0 Å². The fourth-order valence-electron chi connectivity index (χ4n) is 2.02. The Bertz CT molecular complexity index is 759. The van der Waals surface area contributed by atoms with Crippen molar-refractivity contribution in [3.05, 3.63) is 66.7 Å². The summed E-state index contributed by atoms with van der Waals surface area (Å²) in [6, 6.07) is 12.6. The summed E-state index contributed by atoms with van der Waals surface area (Å²) in [6.45, 7) is 4.25. The third-order valence-electron chi connectivity index (χ3n) is 3.11. The number of para-hydroxylation sites is 1. The maximum absolute atomic E-state index is 12.1. The van der Waals surface area contributed by atoms with E-state index in [9.17, 15) is 13.2 Å². The van der Waals surface area contributed by atoms with Gasteiger partial charge in [-0.15, -0.1) is 13.2 Å². The molecule has 0 saturated carbocycles. The summed E-state index contributed by atoms with van der Waals surface area (Å²) in [6.07, 6.45) is -3.08. The van der Waals surface area contributed by atoms with E-state index in [2.05, 4.69) is 21.6 Å². The number of benzene rings is 2. The van der Waals surface area contributed by atoms with E-state index in [1.807, 2.05) is 24.3 Å². The van der Waals surface area contributed by atoms with E-state index in [1.165, 1.54) is 24.3 Å². The van der Waals surface area contributed by atoms with Crippen molar-refractivity contribution < 1.29 is 22.6 Å². The SMILES string of the molecule is C=CCOc1ccccc1CN=C(N)Nc1ccc(OC(F)(F)F)cc1. The van der Waals surface area contributed by atoms with Gasteiger partial charge in [0.1, 0.15) is 18.1 Å². The molecular weight excluding hydrogens is 347 g/mol. The number of nitrogens with two attached hydrogens (primary N) is 1. The van der Waals surface area contributed by atoms with Crippen molar-refractivity contribution in [1.82, 2.24) is 0 Å². The molecule has 0 aliphatic carbocycles. The Morgan fingerprint density at radius 3 is 2.50 bits per heavy atom. The van der Waals surface area contributed by atoms with Crippen molar-refractivity contribution in [1.29, 1.82) is 0 Å². The summed E-state index contributed by atoms with van der Waals surface area (Å²) in [4.78, 5) is 4.21. The number of guanidine groups is 1. The van der Waals surface area contributed by atoms with Gasteiger partial charge in [-0.1, -0.05) is 30.9 Å². The van der Waals surface area contributed by atoms with Gasteiger partial charge in [-0.05, 0) is 30.3 Å². The lowest BCUT2D eigenvalue weighted by molar-refractivity contribution is -0.274. The van der Waals surface area contributed by atoms with Gasteiger partial charge in [0, 0.05) is 11.3 Å². The quantitative estimate of drug-likeness (QED) is 0.441. The highest BCUT2D eigenvalue weighted by atomic mass is 19.4. The van der Waals surface area contributed by atoms with Gasteiger partial charge in [-0.25, -0.2) is 4.99 Å². The molecule has 0 bridgehead atoms. The van der Waals surface area contributed by atoms with Crippen LogP contribution in [0.15, 0.2) is 66.2 Å². The predicted molar refractivity (Wildman–Crippen MR) is 94.2 cm³/mol. The maximum Gasteiger partial charge on any atom is 0.573 e. The van der Waals surface area contributed by atoms with E-state index in [-0.39, 0.29) is 18.3 Å². The molecule has 2 rings (SSSR count). The van der Waals surface area contributed by atoms with E-state index in [4.69, 9.17) is 10.5 Å². The number of nitrogens with one attached hydrogen (secondary N) is 1. The van der Waals surface area contributed by atoms with Crippen LogP contribution in [0.3, 0.4) is 0 Å². The molecule has 0 heterocycles. The van der Waals surface area contributed by atoms with Crippen molar-refractivity contribution in [3.63, 3.8) is 0 Å². The zero-order valence-corrected chi connectivity index (χ0v) is 13.8. The van der Waals surface area contributed by atoms with Gasteiger partial charge < -0.3 is 20.5 Å². The number of alkyl halides is 3. The smallest absolute Gasteiger partial charge is 0.489 e. The number of nitrogens with zero attached hydrogens (tertiary/aromatic N) is 1. The summed E-state index contributed by atoms with van der Waals surface area (Å²) in [5, 5.41) is 2.80. The fourth-order valence-corrected chi connectivity index (χ4v) is 2.02. The minimum atomic E-state index is -4.73. The van der Waals surface area contributed by atoms with E-state index in [0.29, 0.717) is 18.0 Å². The lowest BCUT2D eigenvalue weighted by Gasteiger charge is -2.11. The molecule has 0 aliphatic heterocycles. The highest BCUT2D eigenvalue weighted by Gasteiger charge is 2.30. The van der Waals surface area contributed by atoms with Crippen molar-refractivity contribution in [2.75, 3.05) is 11.9 Å². The van der Waals surface area contributed by atoms with Gasteiger partial charge in [-0.3, -0.25) is 0 Å². The van der Waals surface area contributed by atoms with E-state index in [1.54, 1.807) is 6.08 Å². The second-order valence-electron chi connectivity index (χ2n) is 5.11. The van der Waals surface area contributed by atoms with E-state index in [0.717, 1.165) is 5.56 Å². The first-order valence-corrected chi connectivity index (χ1v) is 7.62. The van der Waals surface area contributed by atoms with Crippen LogP contribution in [0.1, 0.15) is 5.56 Å². The van der Waals surface area contributed by atoms with Crippen LogP contribution in [-0.2, 0) is 6.54 Å². The molecule has 138 valence electrons. The van der Waals surface area contributed by atoms with Crippen LogP contribution < -0.4 is 20.5 Å². The molecule has 2 aromatic rings. The highest BCUT2D eigenvalue weighted by Crippen LogP contribution is 2.24. The lowest BCUT2D eigenvalue weighted by atomic mass is 10.2. The number of hydrogen-bond acceptors (Lipinski definition) is 3. The second-order valence-corrected chi connectivity index (χ2v) is 5.11. The Kier molecular flexibility index (Phi) is 6.48. The first kappa shape index (κ1) is 19.2. The van der Waals surface area contributed by atoms with Crippen molar-refractivity contribution in [3.8, 4) is 11.5 Å². The summed E-state index contributed by atoms with van der Waals surface area (Å²) in [7, 11) is 0. The molecule has 8 heteroatoms. The van der Waals surface area contributed by atoms with Crippen molar-refractivity contribution >= 4 is 11.6 Å². The molecule has 0 aromatic heterocycles. The number of hydrogen-bond donors (Lipinski definition) is 2. The molecule has 3 N–H and O–H groups in total. The van der Waals surface area contributed by atoms with Gasteiger partial charge in [0.25, 0.3) is 0 Å². The summed E-state index contributed by atoms with van der Waals surface area (Å²) >= 11 is 0. The monoisotopic (exact) mass is 365 g/mol. The molecule has 0 radical (unpaired) electrons. The second kappa shape index (κ2) is 8.80. The molecule has 0 unspecified atom stereocenters. The Morgan fingerprint density at radius 1 is 1.15 bits per heavy atom. The van der Waals surface area contributed by atoms with Crippen LogP contribution in [0.4, 0.5) is 18.9 Å². The first-order valence-electron chi connectivity index (χ1n) is 7.62. The third kappa shape index (κ3) is 6.39. The molecular formula is C18H18F3N3O2. The molecule has 0 amide bonds. The van der Waals surface area contributed by atoms with Crippen molar-refractivity contribution in [2.45, 2.75) is 12.9 Å². The summed E-state index contributed by atoms with van der Waals surface area (Å²) in [5.41, 5.74) is 7.14. The summed E-state index contributed by atoms with van der Waals surface area (Å²) in [5.74, 6) is 0.484. The molecule has 2 aromatic carbocycles. The Morgan fingerprint density at radius 2 is 1.85 bits per heavy atom. The minimum absolute atomic E-state index is 0.119. The van der Waals surface area contributed by atoms with Crippen LogP contribution in [0.5, 0.6) is 11.5 Å². The average Bonchev–Trinajstić information content (AvgIpc) is 2.59. The largest absolute Gasteiger partial charge is 0.573 e. The van der Waals surface area contributed by atoms with Gasteiger partial charge >= 0.3 is 6.36 Å². The zero-order chi connectivity index (χ0) is 19.0. The Labute approximate surface area is 148 Å². The van der Waals surface area contributed by atoms with Crippen LogP contribution in [0, 0.1) is 0 Å². The van der Waals surface area contributed by atoms with Crippen LogP contribution in [0.2, 0.25) is 0 Å². The molecule has 0 aliphatic rings. The van der Waals surface area contributed by atoms with E-state index >= 15 is 0 Å². The molecule has 26 heavy (non-hydrogen) atoms. The van der Waals surface area contributed by atoms with Crippen LogP contribution >= 0.6 is 0 Å². The number of anilines is 1. The lowest BCUT2D eigenvalue weighted by Crippen LogP contribution is -2.22. The fraction of sp³-hybridized carbons (Fsp3) is 0.167. The molecule has 0 atom stereocenters. The number of halogens is 3. The Hall–Kier alpha value is -3.16. The standard InChI is InChI=1S/C18H18F3N3O2/c1-2-11-25-16-6-4-3-5-13(16)12-23-17(22)24-14-7-9-15(10-8-14)26-18(19,20)21/h2-10H,1,11-12H2,(H3,22,23,24). The molecule has 0 spiro atoms. The summed E-state index contributed by atoms with van der Waals surface area (Å²) < 4.78 is 45.7. The van der Waals surface area contributed by atoms with E-state index < -0.39 is 6.36 Å². The van der Waals surface area contributed by atoms with Crippen LogP contribution in [-0.4, -0.2) is 18.9 Å². The van der Waals surface area contributed by atoms with Gasteiger partial charge in [0.05, 0.1) is 6.54 Å². The van der Waals surface area contributed by atoms with Gasteiger partial charge in [-0.2, -0.15) is 0 Å². The highest BCUT2D eigenvalue weighted by molar-refractivity contribution is 5.92. The molecule has 0 fully saturated rings. The van der Waals surface area contributed by atoms with Crippen molar-refractivity contribution in [2.24, 2.45) is 10.7 Å². The Balaban J connectivity index is 1.97.